The number of aromatic nitrogens is 2. The van der Waals surface area contributed by atoms with E-state index in [-0.39, 0.29) is 28.6 Å². The van der Waals surface area contributed by atoms with Crippen LogP contribution in [0.25, 0.3) is 0 Å². The van der Waals surface area contributed by atoms with Gasteiger partial charge in [0.05, 0.1) is 12.1 Å². The van der Waals surface area contributed by atoms with E-state index in [0.717, 1.165) is 4.90 Å². The average molecular weight is 530 g/mol. The lowest BCUT2D eigenvalue weighted by Gasteiger charge is -2.20. The Balaban J connectivity index is 1.86. The van der Waals surface area contributed by atoms with Gasteiger partial charge in [0, 0.05) is 16.0 Å². The first-order valence-electron chi connectivity index (χ1n) is 7.18. The fraction of sp³-hybridized carbons (Fsp3) is 0.286. The van der Waals surface area contributed by atoms with Crippen molar-refractivity contribution in [2.45, 2.75) is 12.4 Å². The predicted molar refractivity (Wildman–Crippen MR) is 96.5 cm³/mol. The molecule has 1 aliphatic rings. The van der Waals surface area contributed by atoms with Gasteiger partial charge in [0.1, 0.15) is 0 Å². The first kappa shape index (κ1) is 20.0. The van der Waals surface area contributed by atoms with Gasteiger partial charge in [0.25, 0.3) is 0 Å². The fourth-order valence-electron chi connectivity index (χ4n) is 2.29. The van der Waals surface area contributed by atoms with Crippen LogP contribution in [0.15, 0.2) is 27.1 Å². The number of ether oxygens (including phenoxy) is 1. The number of carbonyl (C=O) groups excluding carboxylic acids is 2. The number of esters is 1. The second-order valence-electron chi connectivity index (χ2n) is 5.44. The number of alkyl halides is 3. The molecule has 1 atom stereocenters. The summed E-state index contributed by atoms with van der Waals surface area (Å²) in [6.07, 6.45) is -5.82. The number of likely N-dealkylation sites (N-methyl/N-ethyl adjacent to an activating group) is 1. The van der Waals surface area contributed by atoms with E-state index in [1.54, 1.807) is 6.07 Å². The maximum Gasteiger partial charge on any atom is 0.445 e. The monoisotopic (exact) mass is 528 g/mol. The van der Waals surface area contributed by atoms with Crippen LogP contribution in [0, 0.1) is 0 Å². The van der Waals surface area contributed by atoms with Gasteiger partial charge in [-0.15, -0.1) is 10.2 Å². The van der Waals surface area contributed by atoms with Gasteiger partial charge in [0.2, 0.25) is 16.4 Å². The molecule has 1 fully saturated rings. The molecule has 1 unspecified atom stereocenters. The first-order chi connectivity index (χ1) is 12.6. The number of rotatable bonds is 3. The zero-order chi connectivity index (χ0) is 19.9. The van der Waals surface area contributed by atoms with Gasteiger partial charge in [-0.05, 0) is 18.2 Å². The van der Waals surface area contributed by atoms with Crippen molar-refractivity contribution in [3.63, 3.8) is 0 Å². The van der Waals surface area contributed by atoms with Crippen molar-refractivity contribution in [3.8, 4) is 0 Å². The molecule has 144 valence electrons. The van der Waals surface area contributed by atoms with Crippen LogP contribution in [0.4, 0.5) is 23.1 Å². The zero-order valence-electron chi connectivity index (χ0n) is 13.3. The van der Waals surface area contributed by atoms with Crippen LogP contribution in [-0.4, -0.2) is 46.9 Å². The summed E-state index contributed by atoms with van der Waals surface area (Å²) in [5.74, 6) is -0.740. The Morgan fingerprint density at radius 1 is 1.26 bits per heavy atom. The molecular formula is C14H9Br2F3N4O3S. The second kappa shape index (κ2) is 7.36. The molecule has 13 heteroatoms. The minimum atomic E-state index is -4.68. The lowest BCUT2D eigenvalue weighted by atomic mass is 10.2. The summed E-state index contributed by atoms with van der Waals surface area (Å²) in [6.45, 7) is -0.0271. The normalized spacial score (nSPS) is 17.6. The first-order valence-corrected chi connectivity index (χ1v) is 9.58. The summed E-state index contributed by atoms with van der Waals surface area (Å²) in [6, 6.07) is 4.11. The van der Waals surface area contributed by atoms with Crippen LogP contribution in [-0.2, 0) is 10.9 Å². The molecule has 2 heterocycles. The molecule has 0 N–H and O–H groups in total. The van der Waals surface area contributed by atoms with Crippen molar-refractivity contribution in [3.05, 3.63) is 37.7 Å². The summed E-state index contributed by atoms with van der Waals surface area (Å²) in [5.41, 5.74) is 0.200. The molecule has 0 bridgehead atoms. The third-order valence-electron chi connectivity index (χ3n) is 3.45. The molecule has 1 aliphatic heterocycles. The van der Waals surface area contributed by atoms with Crippen LogP contribution in [0.1, 0.15) is 15.4 Å². The van der Waals surface area contributed by atoms with E-state index in [9.17, 15) is 22.8 Å². The van der Waals surface area contributed by atoms with Crippen LogP contribution in [0.3, 0.4) is 0 Å². The number of carbonyl (C=O) groups is 2. The molecule has 0 radical (unpaired) electrons. The number of hydrogen-bond donors (Lipinski definition) is 0. The van der Waals surface area contributed by atoms with Gasteiger partial charge in [-0.1, -0.05) is 43.2 Å². The highest BCUT2D eigenvalue weighted by Crippen LogP contribution is 2.36. The lowest BCUT2D eigenvalue weighted by molar-refractivity contribution is -0.138. The lowest BCUT2D eigenvalue weighted by Crippen LogP contribution is -2.37. The molecule has 0 spiro atoms. The van der Waals surface area contributed by atoms with Crippen molar-refractivity contribution in [1.29, 1.82) is 0 Å². The van der Waals surface area contributed by atoms with Gasteiger partial charge in [-0.25, -0.2) is 14.5 Å². The van der Waals surface area contributed by atoms with Crippen LogP contribution in [0.2, 0.25) is 0 Å². The number of urea groups is 1. The standard InChI is InChI=1S/C14H9Br2F3N4O3S/c1-22-5-9(26-10(24)6-2-7(15)4-8(16)3-6)23(13(22)25)12-21-20-11(27-12)14(17,18)19/h2-4,9H,5H2,1H3. The highest BCUT2D eigenvalue weighted by atomic mass is 79.9. The number of amides is 2. The van der Waals surface area contributed by atoms with E-state index in [4.69, 9.17) is 4.74 Å². The average Bonchev–Trinajstić information content (AvgIpc) is 3.12. The van der Waals surface area contributed by atoms with E-state index in [0.29, 0.717) is 8.95 Å². The Bertz CT molecular complexity index is 888. The summed E-state index contributed by atoms with van der Waals surface area (Å²) >= 11 is 6.70. The topological polar surface area (TPSA) is 75.6 Å². The van der Waals surface area contributed by atoms with Crippen LogP contribution < -0.4 is 4.90 Å². The van der Waals surface area contributed by atoms with Gasteiger partial charge < -0.3 is 9.64 Å². The molecular weight excluding hydrogens is 521 g/mol. The highest BCUT2D eigenvalue weighted by molar-refractivity contribution is 9.11. The largest absolute Gasteiger partial charge is 0.445 e. The van der Waals surface area contributed by atoms with Crippen molar-refractivity contribution >= 4 is 60.3 Å². The predicted octanol–water partition coefficient (Wildman–Crippen LogP) is 4.14. The Morgan fingerprint density at radius 3 is 2.44 bits per heavy atom. The number of halogens is 5. The minimum Gasteiger partial charge on any atom is -0.435 e. The number of benzene rings is 1. The maximum atomic E-state index is 12.8. The SMILES string of the molecule is CN1CC(OC(=O)c2cc(Br)cc(Br)c2)N(c2nnc(C(F)(F)F)s2)C1=O. The number of anilines is 1. The molecule has 0 saturated carbocycles. The van der Waals surface area contributed by atoms with E-state index < -0.39 is 29.4 Å². The zero-order valence-corrected chi connectivity index (χ0v) is 17.3. The summed E-state index contributed by atoms with van der Waals surface area (Å²) in [7, 11) is 1.44. The number of hydrogen-bond acceptors (Lipinski definition) is 6. The van der Waals surface area contributed by atoms with Gasteiger partial charge in [-0.2, -0.15) is 13.2 Å². The highest BCUT2D eigenvalue weighted by Gasteiger charge is 2.43. The second-order valence-corrected chi connectivity index (χ2v) is 8.23. The van der Waals surface area contributed by atoms with E-state index in [1.807, 2.05) is 0 Å². The molecule has 27 heavy (non-hydrogen) atoms. The summed E-state index contributed by atoms with van der Waals surface area (Å²) in [5, 5.41) is 5.00. The van der Waals surface area contributed by atoms with Crippen molar-refractivity contribution in [1.82, 2.24) is 15.1 Å². The molecule has 1 aromatic heterocycles. The molecule has 1 aromatic carbocycles. The summed E-state index contributed by atoms with van der Waals surface area (Å²) in [4.78, 5) is 26.8. The third-order valence-corrected chi connectivity index (χ3v) is 5.34. The molecule has 0 aliphatic carbocycles. The smallest absolute Gasteiger partial charge is 0.435 e. The molecule has 1 saturated heterocycles. The van der Waals surface area contributed by atoms with E-state index in [2.05, 4.69) is 42.1 Å². The molecule has 2 amide bonds. The van der Waals surface area contributed by atoms with Crippen LogP contribution >= 0.6 is 43.2 Å². The van der Waals surface area contributed by atoms with Crippen molar-refractivity contribution < 1.29 is 27.5 Å². The van der Waals surface area contributed by atoms with Gasteiger partial charge >= 0.3 is 18.2 Å². The number of nitrogens with zero attached hydrogens (tertiary/aromatic N) is 4. The molecule has 2 aromatic rings. The van der Waals surface area contributed by atoms with Crippen LogP contribution in [0.5, 0.6) is 0 Å². The Hall–Kier alpha value is -1.73. The van der Waals surface area contributed by atoms with Gasteiger partial charge in [-0.3, -0.25) is 0 Å². The Morgan fingerprint density at radius 2 is 1.89 bits per heavy atom. The molecule has 7 nitrogen and oxygen atoms in total. The maximum absolute atomic E-state index is 12.8. The Kier molecular flexibility index (Phi) is 5.45. The fourth-order valence-corrected chi connectivity index (χ4v) is 4.33. The Labute approximate surface area is 171 Å². The third kappa shape index (κ3) is 4.24. The quantitative estimate of drug-likeness (QED) is 0.559. The van der Waals surface area contributed by atoms with Gasteiger partial charge in [0.15, 0.2) is 0 Å². The summed E-state index contributed by atoms with van der Waals surface area (Å²) < 4.78 is 44.9. The minimum absolute atomic E-state index is 0.0271. The van der Waals surface area contributed by atoms with E-state index >= 15 is 0 Å². The molecule has 3 rings (SSSR count). The van der Waals surface area contributed by atoms with Crippen molar-refractivity contribution in [2.24, 2.45) is 0 Å². The van der Waals surface area contributed by atoms with E-state index in [1.165, 1.54) is 24.1 Å². The van der Waals surface area contributed by atoms with Crippen molar-refractivity contribution in [2.75, 3.05) is 18.5 Å².